The van der Waals surface area contributed by atoms with E-state index in [2.05, 4.69) is 31.1 Å². The van der Waals surface area contributed by atoms with E-state index in [4.69, 9.17) is 5.11 Å². The Morgan fingerprint density at radius 2 is 2.00 bits per heavy atom. The molecule has 2 N–H and O–H groups in total. The monoisotopic (exact) mass is 272 g/mol. The highest BCUT2D eigenvalue weighted by Crippen LogP contribution is 2.24. The molecular formula is C16H20N2O2. The largest absolute Gasteiger partial charge is 0.477 e. The first-order chi connectivity index (χ1) is 9.37. The van der Waals surface area contributed by atoms with E-state index < -0.39 is 5.97 Å². The van der Waals surface area contributed by atoms with E-state index in [0.29, 0.717) is 5.52 Å². The van der Waals surface area contributed by atoms with Gasteiger partial charge in [-0.2, -0.15) is 0 Å². The van der Waals surface area contributed by atoms with Crippen LogP contribution in [0.4, 0.5) is 5.69 Å². The van der Waals surface area contributed by atoms with Crippen LogP contribution in [0, 0.1) is 5.41 Å². The lowest BCUT2D eigenvalue weighted by Gasteiger charge is -2.19. The lowest BCUT2D eigenvalue weighted by Crippen LogP contribution is -2.13. The highest BCUT2D eigenvalue weighted by atomic mass is 16.4. The van der Waals surface area contributed by atoms with Crippen LogP contribution in [0.25, 0.3) is 10.9 Å². The second-order valence-corrected chi connectivity index (χ2v) is 6.11. The number of fused-ring (bicyclic) bond motifs is 1. The van der Waals surface area contributed by atoms with Gasteiger partial charge in [0.25, 0.3) is 0 Å². The number of carboxylic acid groups (broad SMARTS) is 1. The molecule has 0 fully saturated rings. The van der Waals surface area contributed by atoms with Gasteiger partial charge in [-0.25, -0.2) is 9.78 Å². The van der Waals surface area contributed by atoms with E-state index in [1.54, 1.807) is 6.07 Å². The average Bonchev–Trinajstić information content (AvgIpc) is 2.36. The van der Waals surface area contributed by atoms with E-state index in [9.17, 15) is 4.79 Å². The molecule has 20 heavy (non-hydrogen) atoms. The van der Waals surface area contributed by atoms with Crippen LogP contribution >= 0.6 is 0 Å². The molecule has 2 aromatic rings. The number of para-hydroxylation sites is 1. The average molecular weight is 272 g/mol. The van der Waals surface area contributed by atoms with Crippen molar-refractivity contribution in [3.63, 3.8) is 0 Å². The smallest absolute Gasteiger partial charge is 0.354 e. The zero-order valence-corrected chi connectivity index (χ0v) is 12.1. The normalized spacial score (nSPS) is 11.6. The lowest BCUT2D eigenvalue weighted by atomic mass is 9.92. The molecule has 4 heteroatoms. The summed E-state index contributed by atoms with van der Waals surface area (Å²) in [5.41, 5.74) is 1.84. The molecular weight excluding hydrogens is 252 g/mol. The number of rotatable bonds is 4. The van der Waals surface area contributed by atoms with Crippen molar-refractivity contribution in [1.29, 1.82) is 0 Å². The summed E-state index contributed by atoms with van der Waals surface area (Å²) in [7, 11) is 0. The Morgan fingerprint density at radius 1 is 1.30 bits per heavy atom. The molecule has 106 valence electrons. The first kappa shape index (κ1) is 14.3. The molecule has 0 spiro atoms. The molecule has 0 saturated heterocycles. The summed E-state index contributed by atoms with van der Waals surface area (Å²) in [5.74, 6) is -1.00. The molecule has 0 amide bonds. The predicted octanol–water partition coefficient (Wildman–Crippen LogP) is 3.78. The van der Waals surface area contributed by atoms with Crippen LogP contribution in [-0.4, -0.2) is 22.6 Å². The van der Waals surface area contributed by atoms with Gasteiger partial charge in [0.15, 0.2) is 5.69 Å². The molecule has 0 aliphatic carbocycles. The lowest BCUT2D eigenvalue weighted by molar-refractivity contribution is 0.0691. The van der Waals surface area contributed by atoms with Crippen molar-refractivity contribution in [2.75, 3.05) is 11.9 Å². The number of hydrogen-bond donors (Lipinski definition) is 2. The van der Waals surface area contributed by atoms with Gasteiger partial charge in [0.05, 0.1) is 5.52 Å². The SMILES string of the molecule is CC(C)(C)CCNc1cc(C(=O)O)nc2ccccc12. The van der Waals surface area contributed by atoms with Crippen molar-refractivity contribution in [2.24, 2.45) is 5.41 Å². The Hall–Kier alpha value is -2.10. The zero-order valence-electron chi connectivity index (χ0n) is 12.1. The molecule has 0 saturated carbocycles. The number of anilines is 1. The fraction of sp³-hybridized carbons (Fsp3) is 0.375. The van der Waals surface area contributed by atoms with Gasteiger partial charge in [-0.05, 0) is 24.0 Å². The minimum absolute atomic E-state index is 0.0713. The molecule has 4 nitrogen and oxygen atoms in total. The van der Waals surface area contributed by atoms with Crippen LogP contribution in [-0.2, 0) is 0 Å². The van der Waals surface area contributed by atoms with E-state index in [1.807, 2.05) is 24.3 Å². The molecule has 0 aliphatic rings. The molecule has 0 atom stereocenters. The van der Waals surface area contributed by atoms with Crippen molar-refractivity contribution in [2.45, 2.75) is 27.2 Å². The number of aromatic nitrogens is 1. The van der Waals surface area contributed by atoms with Crippen LogP contribution in [0.2, 0.25) is 0 Å². The summed E-state index contributed by atoms with van der Waals surface area (Å²) in [4.78, 5) is 15.3. The number of pyridine rings is 1. The highest BCUT2D eigenvalue weighted by Gasteiger charge is 2.12. The second kappa shape index (κ2) is 5.49. The van der Waals surface area contributed by atoms with Crippen LogP contribution < -0.4 is 5.32 Å². The number of nitrogens with one attached hydrogen (secondary N) is 1. The van der Waals surface area contributed by atoms with Gasteiger partial charge in [0.1, 0.15) is 0 Å². The highest BCUT2D eigenvalue weighted by molar-refractivity contribution is 5.97. The summed E-state index contributed by atoms with van der Waals surface area (Å²) < 4.78 is 0. The third-order valence-corrected chi connectivity index (χ3v) is 3.13. The van der Waals surface area contributed by atoms with Gasteiger partial charge < -0.3 is 10.4 Å². The van der Waals surface area contributed by atoms with Crippen molar-refractivity contribution in [3.05, 3.63) is 36.0 Å². The summed E-state index contributed by atoms with van der Waals surface area (Å²) in [5, 5.41) is 13.4. The third-order valence-electron chi connectivity index (χ3n) is 3.13. The number of carboxylic acids is 1. The van der Waals surface area contributed by atoms with Crippen molar-refractivity contribution >= 4 is 22.6 Å². The maximum absolute atomic E-state index is 11.1. The first-order valence-corrected chi connectivity index (χ1v) is 6.74. The van der Waals surface area contributed by atoms with Gasteiger partial charge in [0, 0.05) is 17.6 Å². The van der Waals surface area contributed by atoms with Crippen molar-refractivity contribution < 1.29 is 9.90 Å². The van der Waals surface area contributed by atoms with Crippen LogP contribution in [0.5, 0.6) is 0 Å². The Balaban J connectivity index is 2.32. The molecule has 1 heterocycles. The number of benzene rings is 1. The molecule has 1 aromatic carbocycles. The molecule has 0 unspecified atom stereocenters. The maximum atomic E-state index is 11.1. The minimum Gasteiger partial charge on any atom is -0.477 e. The minimum atomic E-state index is -1.00. The second-order valence-electron chi connectivity index (χ2n) is 6.11. The Labute approximate surface area is 118 Å². The van der Waals surface area contributed by atoms with Gasteiger partial charge >= 0.3 is 5.97 Å². The molecule has 0 bridgehead atoms. The Morgan fingerprint density at radius 3 is 2.65 bits per heavy atom. The topological polar surface area (TPSA) is 62.2 Å². The quantitative estimate of drug-likeness (QED) is 0.889. The molecule has 2 rings (SSSR count). The first-order valence-electron chi connectivity index (χ1n) is 6.74. The zero-order chi connectivity index (χ0) is 14.8. The number of hydrogen-bond acceptors (Lipinski definition) is 3. The predicted molar refractivity (Wildman–Crippen MR) is 81.3 cm³/mol. The van der Waals surface area contributed by atoms with E-state index >= 15 is 0 Å². The van der Waals surface area contributed by atoms with E-state index in [-0.39, 0.29) is 11.1 Å². The van der Waals surface area contributed by atoms with Crippen molar-refractivity contribution in [3.8, 4) is 0 Å². The standard InChI is InChI=1S/C16H20N2O2/c1-16(2,3)8-9-17-13-10-14(15(19)20)18-12-7-5-4-6-11(12)13/h4-7,10H,8-9H2,1-3H3,(H,17,18)(H,19,20). The van der Waals surface area contributed by atoms with Gasteiger partial charge in [-0.15, -0.1) is 0 Å². The summed E-state index contributed by atoms with van der Waals surface area (Å²) in [6.45, 7) is 7.35. The van der Waals surface area contributed by atoms with E-state index in [0.717, 1.165) is 24.0 Å². The fourth-order valence-electron chi connectivity index (χ4n) is 2.00. The Kier molecular flexibility index (Phi) is 3.93. The van der Waals surface area contributed by atoms with Crippen LogP contribution in [0.15, 0.2) is 30.3 Å². The summed E-state index contributed by atoms with van der Waals surface area (Å²) in [6.07, 6.45) is 1.01. The summed E-state index contributed by atoms with van der Waals surface area (Å²) in [6, 6.07) is 9.18. The fourth-order valence-corrected chi connectivity index (χ4v) is 2.00. The van der Waals surface area contributed by atoms with Gasteiger partial charge in [-0.1, -0.05) is 39.0 Å². The number of nitrogens with zero attached hydrogens (tertiary/aromatic N) is 1. The van der Waals surface area contributed by atoms with Crippen LogP contribution in [0.3, 0.4) is 0 Å². The van der Waals surface area contributed by atoms with Crippen LogP contribution in [0.1, 0.15) is 37.7 Å². The third kappa shape index (κ3) is 3.47. The van der Waals surface area contributed by atoms with Gasteiger partial charge in [0.2, 0.25) is 0 Å². The Bertz CT molecular complexity index is 630. The summed E-state index contributed by atoms with van der Waals surface area (Å²) >= 11 is 0. The van der Waals surface area contributed by atoms with Crippen molar-refractivity contribution in [1.82, 2.24) is 4.98 Å². The molecule has 1 aromatic heterocycles. The van der Waals surface area contributed by atoms with E-state index in [1.165, 1.54) is 0 Å². The number of aromatic carboxylic acids is 1. The molecule has 0 radical (unpaired) electrons. The molecule has 0 aliphatic heterocycles. The maximum Gasteiger partial charge on any atom is 0.354 e. The number of carbonyl (C=O) groups is 1. The van der Waals surface area contributed by atoms with Gasteiger partial charge in [-0.3, -0.25) is 0 Å².